The monoisotopic (exact) mass is 588 g/mol. The Labute approximate surface area is 226 Å². The van der Waals surface area contributed by atoms with Gasteiger partial charge in [0.25, 0.3) is 5.91 Å². The number of rotatable bonds is 9. The zero-order valence-corrected chi connectivity index (χ0v) is 22.2. The number of nitrogens with zero attached hydrogens (tertiary/aromatic N) is 4. The number of carboxylic acid groups (broad SMARTS) is 1. The Balaban J connectivity index is 1.55. The molecular weight excluding hydrogens is 564 g/mol. The first-order valence-corrected chi connectivity index (χ1v) is 12.9. The van der Waals surface area contributed by atoms with Crippen molar-refractivity contribution in [3.63, 3.8) is 0 Å². The maximum atomic E-state index is 13.0. The van der Waals surface area contributed by atoms with Gasteiger partial charge in [0.1, 0.15) is 11.9 Å². The molecule has 1 unspecified atom stereocenters. The van der Waals surface area contributed by atoms with Crippen molar-refractivity contribution in [1.29, 1.82) is 0 Å². The van der Waals surface area contributed by atoms with Crippen LogP contribution in [-0.4, -0.2) is 62.2 Å². The Morgan fingerprint density at radius 3 is 2.46 bits per heavy atom. The highest BCUT2D eigenvalue weighted by molar-refractivity contribution is 9.10. The number of carbonyl (C=O) groups excluding carboxylic acids is 2. The minimum absolute atomic E-state index is 0.0336. The van der Waals surface area contributed by atoms with E-state index in [1.165, 1.54) is 16.3 Å². The van der Waals surface area contributed by atoms with Crippen molar-refractivity contribution in [3.05, 3.63) is 75.1 Å². The average Bonchev–Trinajstić information content (AvgIpc) is 3.20. The summed E-state index contributed by atoms with van der Waals surface area (Å²) in [6.45, 7) is 2.36. The Kier molecular flexibility index (Phi) is 8.57. The molecule has 1 aliphatic rings. The number of aromatic nitrogens is 3. The molecule has 1 fully saturated rings. The molecule has 3 heterocycles. The lowest BCUT2D eigenvalue weighted by Crippen LogP contribution is -2.42. The lowest BCUT2D eigenvalue weighted by molar-refractivity contribution is -0.123. The number of carbonyl (C=O) groups is 3. The predicted octanol–water partition coefficient (Wildman–Crippen LogP) is 3.63. The molecule has 12 heteroatoms. The molecule has 0 saturated carbocycles. The number of piperidine rings is 1. The largest absolute Gasteiger partial charge is 0.476 e. The molecule has 2 amide bonds. The van der Waals surface area contributed by atoms with Crippen LogP contribution in [0.1, 0.15) is 45.3 Å². The van der Waals surface area contributed by atoms with Crippen LogP contribution in [0.5, 0.6) is 0 Å². The molecule has 0 radical (unpaired) electrons. The van der Waals surface area contributed by atoms with E-state index < -0.39 is 23.8 Å². The van der Waals surface area contributed by atoms with Crippen LogP contribution in [0.2, 0.25) is 5.02 Å². The van der Waals surface area contributed by atoms with Crippen molar-refractivity contribution in [3.8, 4) is 0 Å². The number of likely N-dealkylation sites (tertiary alicyclic amines) is 1. The van der Waals surface area contributed by atoms with Crippen LogP contribution in [0.4, 0.5) is 5.82 Å². The lowest BCUT2D eigenvalue weighted by Gasteiger charge is -2.35. The van der Waals surface area contributed by atoms with Crippen molar-refractivity contribution < 1.29 is 19.5 Å². The number of aromatic carboxylic acids is 1. The second kappa shape index (κ2) is 11.8. The fourth-order valence-corrected chi connectivity index (χ4v) is 5.32. The number of benzene rings is 1. The Morgan fingerprint density at radius 2 is 1.84 bits per heavy atom. The number of anilines is 1. The summed E-state index contributed by atoms with van der Waals surface area (Å²) in [7, 11) is 0. The molecule has 0 spiro atoms. The first kappa shape index (κ1) is 26.8. The van der Waals surface area contributed by atoms with E-state index in [0.717, 1.165) is 26.1 Å². The van der Waals surface area contributed by atoms with Crippen molar-refractivity contribution in [1.82, 2.24) is 19.7 Å². The van der Waals surface area contributed by atoms with Crippen molar-refractivity contribution in [2.24, 2.45) is 11.7 Å². The summed E-state index contributed by atoms with van der Waals surface area (Å²) in [5.41, 5.74) is 6.88. The van der Waals surface area contributed by atoms with Crippen LogP contribution in [0.25, 0.3) is 0 Å². The number of amides is 2. The van der Waals surface area contributed by atoms with Gasteiger partial charge in [-0.2, -0.15) is 5.10 Å². The van der Waals surface area contributed by atoms with Gasteiger partial charge in [0.15, 0.2) is 5.69 Å². The molecule has 1 saturated heterocycles. The molecule has 1 aliphatic heterocycles. The van der Waals surface area contributed by atoms with Gasteiger partial charge in [-0.3, -0.25) is 14.6 Å². The zero-order chi connectivity index (χ0) is 26.5. The Hall–Kier alpha value is -3.28. The van der Waals surface area contributed by atoms with Crippen molar-refractivity contribution >= 4 is 51.1 Å². The van der Waals surface area contributed by atoms with Gasteiger partial charge in [0, 0.05) is 18.9 Å². The maximum Gasteiger partial charge on any atom is 0.357 e. The molecule has 1 atom stereocenters. The molecule has 3 aromatic rings. The van der Waals surface area contributed by atoms with E-state index >= 15 is 0 Å². The third-order valence-corrected chi connectivity index (χ3v) is 7.59. The number of primary amides is 1. The number of halogens is 2. The molecular formula is C25H26BrClN6O4. The summed E-state index contributed by atoms with van der Waals surface area (Å²) >= 11 is 9.40. The Morgan fingerprint density at radius 1 is 1.16 bits per heavy atom. The summed E-state index contributed by atoms with van der Waals surface area (Å²) in [4.78, 5) is 43.9. The van der Waals surface area contributed by atoms with E-state index in [1.807, 2.05) is 12.1 Å². The van der Waals surface area contributed by atoms with Gasteiger partial charge >= 0.3 is 5.97 Å². The summed E-state index contributed by atoms with van der Waals surface area (Å²) < 4.78 is 1.27. The summed E-state index contributed by atoms with van der Waals surface area (Å²) in [5.74, 6) is -2.70. The van der Waals surface area contributed by atoms with E-state index in [-0.39, 0.29) is 32.5 Å². The number of nitrogens with one attached hydrogen (secondary N) is 1. The molecule has 10 nitrogen and oxygen atoms in total. The van der Waals surface area contributed by atoms with Gasteiger partial charge in [0.2, 0.25) is 5.91 Å². The smallest absolute Gasteiger partial charge is 0.357 e. The molecule has 4 rings (SSSR count). The van der Waals surface area contributed by atoms with Gasteiger partial charge in [-0.15, -0.1) is 0 Å². The fraction of sp³-hybridized carbons (Fsp3) is 0.320. The topological polar surface area (TPSA) is 143 Å². The third-order valence-electron chi connectivity index (χ3n) is 6.51. The fourth-order valence-electron chi connectivity index (χ4n) is 4.57. The highest BCUT2D eigenvalue weighted by Gasteiger charge is 2.36. The summed E-state index contributed by atoms with van der Waals surface area (Å²) in [6.07, 6.45) is 5.74. The maximum absolute atomic E-state index is 13.0. The third kappa shape index (κ3) is 6.17. The second-order valence-electron chi connectivity index (χ2n) is 8.83. The molecule has 0 bridgehead atoms. The van der Waals surface area contributed by atoms with Crippen molar-refractivity contribution in [2.75, 3.05) is 25.0 Å². The second-order valence-corrected chi connectivity index (χ2v) is 10.0. The van der Waals surface area contributed by atoms with E-state index in [2.05, 4.69) is 36.2 Å². The highest BCUT2D eigenvalue weighted by Crippen LogP contribution is 2.36. The minimum Gasteiger partial charge on any atom is -0.476 e. The molecule has 4 N–H and O–H groups in total. The average molecular weight is 590 g/mol. The van der Waals surface area contributed by atoms with Gasteiger partial charge in [0.05, 0.1) is 15.1 Å². The van der Waals surface area contributed by atoms with E-state index in [4.69, 9.17) is 17.3 Å². The molecule has 1 aromatic carbocycles. The number of pyridine rings is 1. The number of hydrogen-bond acceptors (Lipinski definition) is 6. The molecule has 37 heavy (non-hydrogen) atoms. The van der Waals surface area contributed by atoms with Gasteiger partial charge in [-0.05, 0) is 84.0 Å². The number of nitrogens with two attached hydrogens (primary N) is 1. The molecule has 0 aliphatic carbocycles. The van der Waals surface area contributed by atoms with E-state index in [0.29, 0.717) is 12.8 Å². The summed E-state index contributed by atoms with van der Waals surface area (Å²) in [5, 5.41) is 16.7. The normalized spacial score (nSPS) is 15.3. The lowest BCUT2D eigenvalue weighted by atomic mass is 9.88. The first-order valence-electron chi connectivity index (χ1n) is 11.7. The Bertz CT molecular complexity index is 1290. The van der Waals surface area contributed by atoms with E-state index in [9.17, 15) is 19.5 Å². The summed E-state index contributed by atoms with van der Waals surface area (Å²) in [6, 6.07) is 9.48. The quantitative estimate of drug-likeness (QED) is 0.346. The number of hydrogen-bond donors (Lipinski definition) is 3. The minimum atomic E-state index is -1.31. The van der Waals surface area contributed by atoms with Gasteiger partial charge in [-0.1, -0.05) is 23.7 Å². The van der Waals surface area contributed by atoms with Crippen LogP contribution < -0.4 is 11.1 Å². The van der Waals surface area contributed by atoms with Crippen LogP contribution in [0.3, 0.4) is 0 Å². The molecule has 2 aromatic heterocycles. The first-order chi connectivity index (χ1) is 17.8. The standard InChI is InChI=1S/C25H26BrClN6O4/c26-19-20(25(36)37)31-33(23(19)30-24(35)17-3-1-2-4-18(17)27)21(22(28)34)16-8-13-32(14-9-16)12-7-15-5-10-29-11-6-15/h1-6,10-11,16,21H,7-9,12-14H2,(H2,28,34)(H,30,35)(H,36,37). The predicted molar refractivity (Wildman–Crippen MR) is 142 cm³/mol. The van der Waals surface area contributed by atoms with Crippen LogP contribution in [-0.2, 0) is 11.2 Å². The van der Waals surface area contributed by atoms with Gasteiger partial charge < -0.3 is 21.1 Å². The zero-order valence-electron chi connectivity index (χ0n) is 19.8. The van der Waals surface area contributed by atoms with Gasteiger partial charge in [-0.25, -0.2) is 9.48 Å². The number of carboxylic acids is 1. The highest BCUT2D eigenvalue weighted by atomic mass is 79.9. The van der Waals surface area contributed by atoms with Crippen molar-refractivity contribution in [2.45, 2.75) is 25.3 Å². The van der Waals surface area contributed by atoms with Crippen LogP contribution >= 0.6 is 27.5 Å². The SMILES string of the molecule is NC(=O)C(C1CCN(CCc2ccncc2)CC1)n1nc(C(=O)O)c(Br)c1NC(=O)c1ccccc1Cl. The van der Waals surface area contributed by atoms with E-state index in [1.54, 1.807) is 30.6 Å². The van der Waals surface area contributed by atoms with Crippen LogP contribution in [0.15, 0.2) is 53.3 Å². The van der Waals surface area contributed by atoms with Crippen LogP contribution in [0, 0.1) is 5.92 Å². The molecule has 194 valence electrons.